The summed E-state index contributed by atoms with van der Waals surface area (Å²) in [5, 5.41) is 22.6. The molecule has 0 bridgehead atoms. The molecule has 0 radical (unpaired) electrons. The van der Waals surface area contributed by atoms with E-state index in [1.165, 1.54) is 18.2 Å². The number of nitro benzene ring substituents is 1. The van der Waals surface area contributed by atoms with E-state index in [4.69, 9.17) is 15.6 Å². The van der Waals surface area contributed by atoms with Crippen LogP contribution in [0.5, 0.6) is 0 Å². The van der Waals surface area contributed by atoms with Crippen molar-refractivity contribution in [2.75, 3.05) is 12.3 Å². The Morgan fingerprint density at radius 1 is 1.48 bits per heavy atom. The van der Waals surface area contributed by atoms with Gasteiger partial charge in [-0.2, -0.15) is 0 Å². The molecule has 0 saturated carbocycles. The van der Waals surface area contributed by atoms with Crippen molar-refractivity contribution >= 4 is 25.5 Å². The highest BCUT2D eigenvalue weighted by Gasteiger charge is 2.21. The summed E-state index contributed by atoms with van der Waals surface area (Å²) < 4.78 is 7.58. The fourth-order valence-corrected chi connectivity index (χ4v) is 3.65. The molecular formula is C20H29N5O5Si. The number of carboxylic acid groups (broad SMARTS) is 1. The summed E-state index contributed by atoms with van der Waals surface area (Å²) in [6.45, 7) is 11.2. The number of ether oxygens (including phenoxy) is 1. The maximum absolute atomic E-state index is 11.2. The molecule has 0 unspecified atom stereocenters. The molecule has 1 amide bonds. The number of hydrogen-bond donors (Lipinski definition) is 3. The number of nitrogen functional groups attached to an aromatic ring is 1. The number of hydrogen-bond acceptors (Lipinski definition) is 6. The number of anilines is 1. The van der Waals surface area contributed by atoms with Gasteiger partial charge >= 0.3 is 6.09 Å². The quantitative estimate of drug-likeness (QED) is 0.117. The first-order valence-electron chi connectivity index (χ1n) is 9.81. The van der Waals surface area contributed by atoms with E-state index >= 15 is 0 Å². The van der Waals surface area contributed by atoms with Crippen LogP contribution in [0.2, 0.25) is 25.7 Å². The molecule has 0 aliphatic rings. The maximum atomic E-state index is 11.2. The number of nitrogens with one attached hydrogen (secondary N) is 1. The Morgan fingerprint density at radius 3 is 2.74 bits per heavy atom. The smallest absolute Gasteiger partial charge is 0.405 e. The first-order chi connectivity index (χ1) is 14.5. The minimum Gasteiger partial charge on any atom is -0.465 e. The van der Waals surface area contributed by atoms with Crippen LogP contribution in [0, 0.1) is 10.1 Å². The highest BCUT2D eigenvalue weighted by Crippen LogP contribution is 2.30. The van der Waals surface area contributed by atoms with E-state index in [2.05, 4.69) is 36.5 Å². The number of nitrogens with two attached hydrogens (primary N) is 1. The Morgan fingerprint density at radius 2 is 2.19 bits per heavy atom. The van der Waals surface area contributed by atoms with Crippen LogP contribution in [0.4, 0.5) is 16.2 Å². The number of amides is 1. The molecule has 0 aliphatic heterocycles. The number of benzene rings is 1. The van der Waals surface area contributed by atoms with Gasteiger partial charge in [0.2, 0.25) is 0 Å². The van der Waals surface area contributed by atoms with Crippen LogP contribution < -0.4 is 11.1 Å². The van der Waals surface area contributed by atoms with Crippen molar-refractivity contribution in [2.45, 2.75) is 44.9 Å². The van der Waals surface area contributed by atoms with Crippen LogP contribution >= 0.6 is 0 Å². The van der Waals surface area contributed by atoms with Crippen molar-refractivity contribution in [3.63, 3.8) is 0 Å². The van der Waals surface area contributed by atoms with Crippen LogP contribution in [-0.4, -0.2) is 40.4 Å². The van der Waals surface area contributed by atoms with Gasteiger partial charge in [0.05, 0.1) is 16.7 Å². The van der Waals surface area contributed by atoms with Crippen molar-refractivity contribution in [3.8, 4) is 11.4 Å². The summed E-state index contributed by atoms with van der Waals surface area (Å²) in [6, 6.07) is 4.55. The number of nitrogens with zero attached hydrogens (tertiary/aromatic N) is 3. The highest BCUT2D eigenvalue weighted by molar-refractivity contribution is 6.76. The van der Waals surface area contributed by atoms with Crippen LogP contribution in [0.15, 0.2) is 37.1 Å². The van der Waals surface area contributed by atoms with Crippen molar-refractivity contribution in [1.82, 2.24) is 14.9 Å². The molecule has 4 N–H and O–H groups in total. The fourth-order valence-electron chi connectivity index (χ4n) is 2.90. The third-order valence-corrected chi connectivity index (χ3v) is 6.27. The number of carbonyl (C=O) groups is 1. The molecule has 1 atom stereocenters. The van der Waals surface area contributed by atoms with Gasteiger partial charge in [0.25, 0.3) is 5.69 Å². The Labute approximate surface area is 181 Å². The summed E-state index contributed by atoms with van der Waals surface area (Å²) in [6.07, 6.45) is 2.47. The average molecular weight is 448 g/mol. The van der Waals surface area contributed by atoms with Gasteiger partial charge in [-0.25, -0.2) is 9.78 Å². The summed E-state index contributed by atoms with van der Waals surface area (Å²) in [5.41, 5.74) is 7.13. The van der Waals surface area contributed by atoms with E-state index in [1.807, 2.05) is 0 Å². The summed E-state index contributed by atoms with van der Waals surface area (Å²) in [7, 11) is -1.26. The third-order valence-electron chi connectivity index (χ3n) is 4.57. The lowest BCUT2D eigenvalue weighted by atomic mass is 10.1. The van der Waals surface area contributed by atoms with Gasteiger partial charge in [-0.1, -0.05) is 25.7 Å². The monoisotopic (exact) mass is 447 g/mol. The molecule has 11 heteroatoms. The fraction of sp³-hybridized carbons (Fsp3) is 0.400. The summed E-state index contributed by atoms with van der Waals surface area (Å²) >= 11 is 0. The van der Waals surface area contributed by atoms with Crippen molar-refractivity contribution in [3.05, 3.63) is 52.9 Å². The summed E-state index contributed by atoms with van der Waals surface area (Å²) in [5.74, 6) is 0.441. The molecule has 1 aromatic heterocycles. The van der Waals surface area contributed by atoms with E-state index in [0.29, 0.717) is 30.1 Å². The molecule has 1 aromatic carbocycles. The predicted octanol–water partition coefficient (Wildman–Crippen LogP) is 4.24. The van der Waals surface area contributed by atoms with Gasteiger partial charge in [0, 0.05) is 44.3 Å². The molecule has 0 aliphatic carbocycles. The molecule has 0 saturated heterocycles. The molecule has 0 fully saturated rings. The lowest BCUT2D eigenvalue weighted by molar-refractivity contribution is -0.384. The van der Waals surface area contributed by atoms with E-state index in [9.17, 15) is 14.9 Å². The second kappa shape index (κ2) is 10.2. The molecular weight excluding hydrogens is 418 g/mol. The standard InChI is InChI=1S/C20H29N5O5Si/c1-5-6-17(23-20(26)27)18-12-24(13-30-9-10-31(2,3)4)19(22-18)15-8-7-14(25(28)29)11-16(15)21/h5,7-8,11-12,17,23H,1,6,9-10,13,21H2,2-4H3,(H,26,27)/t17-/m1/s1. The zero-order valence-electron chi connectivity index (χ0n) is 18.0. The summed E-state index contributed by atoms with van der Waals surface area (Å²) in [4.78, 5) is 26.3. The van der Waals surface area contributed by atoms with Gasteiger partial charge in [0.15, 0.2) is 0 Å². The Kier molecular flexibility index (Phi) is 7.94. The minimum atomic E-state index is -1.26. The van der Waals surface area contributed by atoms with Gasteiger partial charge in [-0.15, -0.1) is 6.58 Å². The normalized spacial score (nSPS) is 12.4. The number of nitro groups is 1. The second-order valence-electron chi connectivity index (χ2n) is 8.36. The van der Waals surface area contributed by atoms with E-state index < -0.39 is 25.1 Å². The van der Waals surface area contributed by atoms with Crippen molar-refractivity contribution in [1.29, 1.82) is 0 Å². The van der Waals surface area contributed by atoms with E-state index in [0.717, 1.165) is 6.04 Å². The largest absolute Gasteiger partial charge is 0.465 e. The molecule has 2 aromatic rings. The number of non-ortho nitro benzene ring substituents is 1. The molecule has 10 nitrogen and oxygen atoms in total. The lowest BCUT2D eigenvalue weighted by Crippen LogP contribution is -2.26. The highest BCUT2D eigenvalue weighted by atomic mass is 28.3. The Bertz CT molecular complexity index is 954. The minimum absolute atomic E-state index is 0.122. The van der Waals surface area contributed by atoms with Gasteiger partial charge in [0.1, 0.15) is 12.6 Å². The average Bonchev–Trinajstić information content (AvgIpc) is 3.07. The second-order valence-corrected chi connectivity index (χ2v) is 14.0. The van der Waals surface area contributed by atoms with Crippen LogP contribution in [-0.2, 0) is 11.5 Å². The van der Waals surface area contributed by atoms with Gasteiger partial charge in [-0.3, -0.25) is 10.1 Å². The number of rotatable bonds is 11. The molecule has 0 spiro atoms. The molecule has 31 heavy (non-hydrogen) atoms. The van der Waals surface area contributed by atoms with Crippen LogP contribution in [0.3, 0.4) is 0 Å². The van der Waals surface area contributed by atoms with E-state index in [-0.39, 0.29) is 18.1 Å². The molecule has 1 heterocycles. The van der Waals surface area contributed by atoms with Gasteiger partial charge < -0.3 is 25.5 Å². The van der Waals surface area contributed by atoms with Crippen molar-refractivity contribution in [2.24, 2.45) is 0 Å². The van der Waals surface area contributed by atoms with Gasteiger partial charge in [-0.05, 0) is 18.5 Å². The first kappa shape index (κ1) is 24.1. The zero-order valence-corrected chi connectivity index (χ0v) is 19.0. The molecule has 2 rings (SSSR count). The van der Waals surface area contributed by atoms with Crippen LogP contribution in [0.25, 0.3) is 11.4 Å². The SMILES string of the molecule is C=CC[C@@H](NC(=O)O)c1cn(COCC[Si](C)(C)C)c(-c2ccc([N+](=O)[O-])cc2N)n1. The van der Waals surface area contributed by atoms with Crippen molar-refractivity contribution < 1.29 is 19.6 Å². The molecule has 168 valence electrons. The van der Waals surface area contributed by atoms with Crippen LogP contribution in [0.1, 0.15) is 18.2 Å². The predicted molar refractivity (Wildman–Crippen MR) is 122 cm³/mol. The Hall–Kier alpha value is -3.18. The maximum Gasteiger partial charge on any atom is 0.405 e. The first-order valence-corrected chi connectivity index (χ1v) is 13.5. The zero-order chi connectivity index (χ0) is 23.2. The lowest BCUT2D eigenvalue weighted by Gasteiger charge is -2.16. The number of aromatic nitrogens is 2. The Balaban J connectivity index is 2.41. The van der Waals surface area contributed by atoms with E-state index in [1.54, 1.807) is 16.8 Å². The third kappa shape index (κ3) is 6.93. The number of imidazole rings is 1. The topological polar surface area (TPSA) is 146 Å².